The molecule has 1 aliphatic rings. The Balaban J connectivity index is 2.00. The van der Waals surface area contributed by atoms with Crippen molar-refractivity contribution in [1.82, 2.24) is 14.0 Å². The molecule has 5 heteroatoms. The van der Waals surface area contributed by atoms with Crippen molar-refractivity contribution in [2.24, 2.45) is 4.99 Å². The van der Waals surface area contributed by atoms with Crippen molar-refractivity contribution >= 4 is 23.8 Å². The van der Waals surface area contributed by atoms with Gasteiger partial charge in [-0.05, 0) is 18.6 Å². The molecule has 1 amide bonds. The van der Waals surface area contributed by atoms with E-state index in [2.05, 4.69) is 11.9 Å². The number of rotatable bonds is 4. The van der Waals surface area contributed by atoms with E-state index < -0.39 is 0 Å². The molecular weight excluding hydrogens is 336 g/mol. The first-order chi connectivity index (χ1) is 13.3. The van der Waals surface area contributed by atoms with Crippen LogP contribution in [-0.4, -0.2) is 21.9 Å². The number of para-hydroxylation sites is 1. The second-order valence-corrected chi connectivity index (χ2v) is 6.47. The van der Waals surface area contributed by atoms with E-state index in [1.54, 1.807) is 25.1 Å². The summed E-state index contributed by atoms with van der Waals surface area (Å²) in [5, 5.41) is 0. The lowest BCUT2D eigenvalue weighted by atomic mass is 10.0. The number of nitrogens with zero attached hydrogens (tertiary/aromatic N) is 4. The molecule has 0 fully saturated rings. The average Bonchev–Trinajstić information content (AvgIpc) is 3.38. The molecule has 2 heterocycles. The lowest BCUT2D eigenvalue weighted by Crippen LogP contribution is -2.52. The lowest BCUT2D eigenvalue weighted by molar-refractivity contribution is 0.234. The van der Waals surface area contributed by atoms with E-state index in [4.69, 9.17) is 4.99 Å². The Kier molecular flexibility index (Phi) is 4.52. The van der Waals surface area contributed by atoms with Gasteiger partial charge in [-0.3, -0.25) is 0 Å². The van der Waals surface area contributed by atoms with Gasteiger partial charge in [0.1, 0.15) is 12.0 Å². The van der Waals surface area contributed by atoms with Crippen molar-refractivity contribution in [2.45, 2.75) is 19.8 Å². The lowest BCUT2D eigenvalue weighted by Gasteiger charge is -2.29. The smallest absolute Gasteiger partial charge is 0.245 e. The fourth-order valence-corrected chi connectivity index (χ4v) is 3.53. The molecule has 0 aliphatic carbocycles. The van der Waals surface area contributed by atoms with Gasteiger partial charge in [-0.25, -0.2) is 19.3 Å². The van der Waals surface area contributed by atoms with Gasteiger partial charge in [0.25, 0.3) is 0 Å². The van der Waals surface area contributed by atoms with Crippen LogP contribution in [-0.2, 0) is 0 Å². The molecule has 2 aromatic carbocycles. The van der Waals surface area contributed by atoms with Gasteiger partial charge in [-0.1, -0.05) is 49.7 Å². The summed E-state index contributed by atoms with van der Waals surface area (Å²) in [4.78, 5) is 22.5. The summed E-state index contributed by atoms with van der Waals surface area (Å²) < 4.78 is 1.44. The van der Waals surface area contributed by atoms with Gasteiger partial charge in [0.05, 0.1) is 0 Å². The molecule has 0 saturated heterocycles. The monoisotopic (exact) mass is 357 g/mol. The van der Waals surface area contributed by atoms with Gasteiger partial charge < -0.3 is 0 Å². The van der Waals surface area contributed by atoms with Crippen LogP contribution in [0.15, 0.2) is 90.1 Å². The van der Waals surface area contributed by atoms with E-state index in [1.807, 2.05) is 60.7 Å². The molecule has 4 rings (SSSR count). The molecule has 1 unspecified atom stereocenters. The highest BCUT2D eigenvalue weighted by Gasteiger charge is 2.49. The molecule has 0 saturated carbocycles. The molecule has 1 atom stereocenters. The van der Waals surface area contributed by atoms with Gasteiger partial charge in [-0.15, -0.1) is 4.48 Å². The molecule has 3 aromatic rings. The van der Waals surface area contributed by atoms with E-state index in [1.165, 1.54) is 4.57 Å². The fourth-order valence-electron chi connectivity index (χ4n) is 3.53. The minimum Gasteiger partial charge on any atom is -0.245 e. The van der Waals surface area contributed by atoms with E-state index >= 15 is 0 Å². The van der Waals surface area contributed by atoms with Gasteiger partial charge in [-0.2, -0.15) is 0 Å². The quantitative estimate of drug-likeness (QED) is 0.612. The Hall–Kier alpha value is -3.31. The highest BCUT2D eigenvalue weighted by molar-refractivity contribution is 6.15. The maximum atomic E-state index is 13.7. The van der Waals surface area contributed by atoms with Crippen LogP contribution in [0.3, 0.4) is 0 Å². The van der Waals surface area contributed by atoms with Gasteiger partial charge in [0.2, 0.25) is 6.34 Å². The molecule has 1 aromatic heterocycles. The normalized spacial score (nSPS) is 18.9. The SMILES string of the molecule is CCCC1=C(c2ccccc2)[N+](C(=O)n2ccnc2)(c2ccccc2)C=N1. The van der Waals surface area contributed by atoms with Crippen LogP contribution in [0.4, 0.5) is 10.5 Å². The van der Waals surface area contributed by atoms with Crippen LogP contribution in [0.2, 0.25) is 0 Å². The maximum Gasteiger partial charge on any atom is 0.444 e. The summed E-state index contributed by atoms with van der Waals surface area (Å²) in [6, 6.07) is 19.7. The predicted octanol–water partition coefficient (Wildman–Crippen LogP) is 5.07. The van der Waals surface area contributed by atoms with Crippen LogP contribution in [0.1, 0.15) is 25.3 Å². The van der Waals surface area contributed by atoms with Crippen molar-refractivity contribution in [2.75, 3.05) is 0 Å². The molecule has 0 bridgehead atoms. The molecule has 0 N–H and O–H groups in total. The van der Waals surface area contributed by atoms with Gasteiger partial charge in [0, 0.05) is 30.1 Å². The largest absolute Gasteiger partial charge is 0.444 e. The van der Waals surface area contributed by atoms with Gasteiger partial charge >= 0.3 is 6.03 Å². The summed E-state index contributed by atoms with van der Waals surface area (Å²) in [5.41, 5.74) is 3.70. The van der Waals surface area contributed by atoms with E-state index in [0.717, 1.165) is 35.5 Å². The summed E-state index contributed by atoms with van der Waals surface area (Å²) in [7, 11) is 0. The summed E-state index contributed by atoms with van der Waals surface area (Å²) in [5.74, 6) is 0. The number of carbonyl (C=O) groups excluding carboxylic acids is 1. The van der Waals surface area contributed by atoms with Crippen molar-refractivity contribution in [3.05, 3.63) is 90.6 Å². The van der Waals surface area contributed by atoms with Crippen molar-refractivity contribution < 1.29 is 4.79 Å². The Bertz CT molecular complexity index is 991. The molecule has 1 aliphatic heterocycles. The van der Waals surface area contributed by atoms with Crippen molar-refractivity contribution in [3.8, 4) is 0 Å². The standard InChI is InChI=1S/C22H21N4O/c1-2-9-20-21(18-10-5-3-6-11-18)26(17-24-20,19-12-7-4-8-13-19)22(27)25-15-14-23-16-25/h3-8,10-17H,2,9H2,1H3/q+1. The van der Waals surface area contributed by atoms with E-state index in [9.17, 15) is 4.79 Å². The number of aromatic nitrogens is 2. The van der Waals surface area contributed by atoms with E-state index in [0.29, 0.717) is 0 Å². The topological polar surface area (TPSA) is 47.2 Å². The Labute approximate surface area is 158 Å². The van der Waals surface area contributed by atoms with Gasteiger partial charge in [0.15, 0.2) is 11.4 Å². The second-order valence-electron chi connectivity index (χ2n) is 6.47. The minimum atomic E-state index is -0.132. The zero-order chi connectivity index (χ0) is 18.7. The third-order valence-corrected chi connectivity index (χ3v) is 4.74. The van der Waals surface area contributed by atoms with Crippen LogP contribution < -0.4 is 4.48 Å². The summed E-state index contributed by atoms with van der Waals surface area (Å²) in [6.45, 7) is 2.12. The third-order valence-electron chi connectivity index (χ3n) is 4.74. The van der Waals surface area contributed by atoms with Crippen LogP contribution in [0.25, 0.3) is 5.70 Å². The zero-order valence-electron chi connectivity index (χ0n) is 15.2. The summed E-state index contributed by atoms with van der Waals surface area (Å²) >= 11 is 0. The number of benzene rings is 2. The Morgan fingerprint density at radius 2 is 1.74 bits per heavy atom. The van der Waals surface area contributed by atoms with Crippen molar-refractivity contribution in [3.63, 3.8) is 0 Å². The number of quaternary nitrogens is 1. The zero-order valence-corrected chi connectivity index (χ0v) is 15.2. The number of aliphatic imine (C=N–C) groups is 1. The molecule has 0 spiro atoms. The molecule has 5 nitrogen and oxygen atoms in total. The molecular formula is C22H21N4O+. The maximum absolute atomic E-state index is 13.7. The first-order valence-corrected chi connectivity index (χ1v) is 9.09. The number of hydrogen-bond acceptors (Lipinski definition) is 3. The molecule has 0 radical (unpaired) electrons. The number of amides is 1. The minimum absolute atomic E-state index is 0.0868. The van der Waals surface area contributed by atoms with Crippen LogP contribution in [0, 0.1) is 0 Å². The Morgan fingerprint density at radius 1 is 1.04 bits per heavy atom. The first kappa shape index (κ1) is 17.1. The highest BCUT2D eigenvalue weighted by atomic mass is 16.2. The molecule has 27 heavy (non-hydrogen) atoms. The number of allylic oxidation sites excluding steroid dienone is 1. The molecule has 134 valence electrons. The third kappa shape index (κ3) is 2.82. The first-order valence-electron chi connectivity index (χ1n) is 9.09. The van der Waals surface area contributed by atoms with Crippen molar-refractivity contribution in [1.29, 1.82) is 0 Å². The average molecular weight is 357 g/mol. The Morgan fingerprint density at radius 3 is 2.37 bits per heavy atom. The summed E-state index contributed by atoms with van der Waals surface area (Å²) in [6.07, 6.45) is 8.36. The number of hydrogen-bond donors (Lipinski definition) is 0. The van der Waals surface area contributed by atoms with Crippen LogP contribution >= 0.6 is 0 Å². The number of carbonyl (C=O) groups is 1. The predicted molar refractivity (Wildman–Crippen MR) is 108 cm³/mol. The highest BCUT2D eigenvalue weighted by Crippen LogP contribution is 2.41. The fraction of sp³-hybridized carbons (Fsp3) is 0.136. The number of imidazole rings is 1. The van der Waals surface area contributed by atoms with E-state index in [-0.39, 0.29) is 10.5 Å². The van der Waals surface area contributed by atoms with Crippen LogP contribution in [0.5, 0.6) is 0 Å². The second kappa shape index (κ2) is 7.13.